The lowest BCUT2D eigenvalue weighted by atomic mass is 9.95. The molecule has 7 heteroatoms. The highest BCUT2D eigenvalue weighted by atomic mass is 79.9. The lowest BCUT2D eigenvalue weighted by molar-refractivity contribution is -0.140. The van der Waals surface area contributed by atoms with E-state index in [-0.39, 0.29) is 37.7 Å². The van der Waals surface area contributed by atoms with Crippen LogP contribution in [-0.4, -0.2) is 53.2 Å². The Bertz CT molecular complexity index is 921. The standard InChI is InChI=1S/C22H22BrNO5/c1-14-2-4-16(5-3-14)20(26)18-19(15-6-8-17(23)9-7-15)24(22(28)21(18)27)10-12-29-13-11-25/h2-9,19,25-26H,10-13H2,1H3. The minimum Gasteiger partial charge on any atom is -0.507 e. The number of Topliss-reactive ketones (excluding diaryl/α,β-unsaturated/α-hetero) is 1. The second kappa shape index (κ2) is 9.35. The molecule has 2 N–H and O–H groups in total. The SMILES string of the molecule is Cc1ccc(C(O)=C2C(=O)C(=O)N(CCOCCO)C2c2ccc(Br)cc2)cc1. The molecule has 0 aliphatic carbocycles. The number of benzene rings is 2. The lowest BCUT2D eigenvalue weighted by Crippen LogP contribution is -2.33. The maximum absolute atomic E-state index is 12.8. The van der Waals surface area contributed by atoms with Gasteiger partial charge in [-0.1, -0.05) is 57.9 Å². The lowest BCUT2D eigenvalue weighted by Gasteiger charge is -2.25. The summed E-state index contributed by atoms with van der Waals surface area (Å²) in [5.74, 6) is -1.60. The van der Waals surface area contributed by atoms with Gasteiger partial charge in [-0.2, -0.15) is 0 Å². The van der Waals surface area contributed by atoms with E-state index < -0.39 is 17.7 Å². The normalized spacial score (nSPS) is 18.4. The number of aryl methyl sites for hydroxylation is 1. The summed E-state index contributed by atoms with van der Waals surface area (Å²) >= 11 is 3.39. The van der Waals surface area contributed by atoms with Gasteiger partial charge in [-0.05, 0) is 24.6 Å². The Hall–Kier alpha value is -2.48. The van der Waals surface area contributed by atoms with Crippen LogP contribution >= 0.6 is 15.9 Å². The van der Waals surface area contributed by atoms with Crippen LogP contribution in [0.4, 0.5) is 0 Å². The smallest absolute Gasteiger partial charge is 0.295 e. The molecule has 3 rings (SSSR count). The van der Waals surface area contributed by atoms with Crippen molar-refractivity contribution in [2.45, 2.75) is 13.0 Å². The van der Waals surface area contributed by atoms with Crippen molar-refractivity contribution in [3.63, 3.8) is 0 Å². The van der Waals surface area contributed by atoms with Crippen molar-refractivity contribution < 1.29 is 24.5 Å². The quantitative estimate of drug-likeness (QED) is 0.287. The van der Waals surface area contributed by atoms with Gasteiger partial charge in [0.05, 0.1) is 31.4 Å². The number of halogens is 1. The van der Waals surface area contributed by atoms with Crippen LogP contribution in [0.25, 0.3) is 5.76 Å². The summed E-state index contributed by atoms with van der Waals surface area (Å²) in [5, 5.41) is 19.8. The first-order valence-electron chi connectivity index (χ1n) is 9.23. The van der Waals surface area contributed by atoms with Crippen LogP contribution in [0.3, 0.4) is 0 Å². The van der Waals surface area contributed by atoms with E-state index >= 15 is 0 Å². The van der Waals surface area contributed by atoms with Gasteiger partial charge in [-0.25, -0.2) is 0 Å². The van der Waals surface area contributed by atoms with Crippen LogP contribution in [0, 0.1) is 6.92 Å². The number of aliphatic hydroxyl groups is 2. The second-order valence-corrected chi connectivity index (χ2v) is 7.66. The minimum atomic E-state index is -0.724. The predicted octanol–water partition coefficient (Wildman–Crippen LogP) is 3.19. The maximum Gasteiger partial charge on any atom is 0.295 e. The fourth-order valence-electron chi connectivity index (χ4n) is 3.30. The number of carbonyl (C=O) groups is 2. The first-order chi connectivity index (χ1) is 13.9. The minimum absolute atomic E-state index is 0.0586. The van der Waals surface area contributed by atoms with Crippen molar-refractivity contribution >= 4 is 33.4 Å². The highest BCUT2D eigenvalue weighted by Gasteiger charge is 2.45. The first-order valence-corrected chi connectivity index (χ1v) is 10.0. The van der Waals surface area contributed by atoms with E-state index in [9.17, 15) is 14.7 Å². The topological polar surface area (TPSA) is 87.1 Å². The molecular weight excluding hydrogens is 438 g/mol. The molecule has 1 aliphatic heterocycles. The van der Waals surface area contributed by atoms with E-state index in [4.69, 9.17) is 9.84 Å². The van der Waals surface area contributed by atoms with Gasteiger partial charge in [0.25, 0.3) is 11.7 Å². The van der Waals surface area contributed by atoms with E-state index in [1.807, 2.05) is 43.3 Å². The fraction of sp³-hybridized carbons (Fsp3) is 0.273. The summed E-state index contributed by atoms with van der Waals surface area (Å²) in [5.41, 5.74) is 2.27. The molecule has 0 saturated carbocycles. The van der Waals surface area contributed by atoms with Gasteiger partial charge in [-0.3, -0.25) is 9.59 Å². The van der Waals surface area contributed by atoms with E-state index in [0.717, 1.165) is 10.0 Å². The summed E-state index contributed by atoms with van der Waals surface area (Å²) in [6, 6.07) is 13.7. The van der Waals surface area contributed by atoms with Crippen molar-refractivity contribution in [3.8, 4) is 0 Å². The zero-order chi connectivity index (χ0) is 21.0. The number of aliphatic hydroxyl groups excluding tert-OH is 2. The van der Waals surface area contributed by atoms with Crippen LogP contribution in [0.15, 0.2) is 58.6 Å². The zero-order valence-corrected chi connectivity index (χ0v) is 17.6. The number of amides is 1. The highest BCUT2D eigenvalue weighted by molar-refractivity contribution is 9.10. The summed E-state index contributed by atoms with van der Waals surface area (Å²) in [6.07, 6.45) is 0. The predicted molar refractivity (Wildman–Crippen MR) is 112 cm³/mol. The number of rotatable bonds is 7. The molecule has 2 aromatic rings. The Morgan fingerprint density at radius 2 is 1.72 bits per heavy atom. The average molecular weight is 460 g/mol. The molecule has 1 atom stereocenters. The number of carbonyl (C=O) groups excluding carboxylic acids is 2. The molecule has 6 nitrogen and oxygen atoms in total. The third-order valence-corrected chi connectivity index (χ3v) is 5.29. The molecule has 1 aliphatic rings. The monoisotopic (exact) mass is 459 g/mol. The number of nitrogens with zero attached hydrogens (tertiary/aromatic N) is 1. The number of hydrogen-bond donors (Lipinski definition) is 2. The molecule has 0 radical (unpaired) electrons. The molecule has 1 saturated heterocycles. The molecule has 29 heavy (non-hydrogen) atoms. The van der Waals surface area contributed by atoms with Gasteiger partial charge < -0.3 is 19.8 Å². The third kappa shape index (κ3) is 4.58. The van der Waals surface area contributed by atoms with Gasteiger partial charge in [0.1, 0.15) is 5.76 Å². The van der Waals surface area contributed by atoms with Crippen LogP contribution in [0.5, 0.6) is 0 Å². The van der Waals surface area contributed by atoms with Gasteiger partial charge >= 0.3 is 0 Å². The Morgan fingerprint density at radius 3 is 2.34 bits per heavy atom. The number of likely N-dealkylation sites (tertiary alicyclic amines) is 1. The Kier molecular flexibility index (Phi) is 6.84. The maximum atomic E-state index is 12.8. The summed E-state index contributed by atoms with van der Waals surface area (Å²) in [7, 11) is 0. The van der Waals surface area contributed by atoms with Crippen molar-refractivity contribution in [1.29, 1.82) is 0 Å². The van der Waals surface area contributed by atoms with E-state index in [2.05, 4.69) is 15.9 Å². The second-order valence-electron chi connectivity index (χ2n) is 6.75. The Balaban J connectivity index is 2.05. The van der Waals surface area contributed by atoms with Crippen molar-refractivity contribution in [3.05, 3.63) is 75.3 Å². The van der Waals surface area contributed by atoms with Gasteiger partial charge in [0.2, 0.25) is 0 Å². The molecule has 2 aromatic carbocycles. The largest absolute Gasteiger partial charge is 0.507 e. The molecule has 1 amide bonds. The first kappa shape index (κ1) is 21.2. The van der Waals surface area contributed by atoms with E-state index in [0.29, 0.717) is 11.1 Å². The fourth-order valence-corrected chi connectivity index (χ4v) is 3.56. The summed E-state index contributed by atoms with van der Waals surface area (Å²) in [6.45, 7) is 2.29. The zero-order valence-electron chi connectivity index (χ0n) is 16.0. The highest BCUT2D eigenvalue weighted by Crippen LogP contribution is 2.39. The molecule has 0 aromatic heterocycles. The molecule has 0 spiro atoms. The van der Waals surface area contributed by atoms with Crippen LogP contribution in [0.1, 0.15) is 22.7 Å². The molecule has 1 fully saturated rings. The van der Waals surface area contributed by atoms with Crippen molar-refractivity contribution in [2.75, 3.05) is 26.4 Å². The summed E-state index contributed by atoms with van der Waals surface area (Å²) < 4.78 is 6.15. The molecule has 152 valence electrons. The summed E-state index contributed by atoms with van der Waals surface area (Å²) in [4.78, 5) is 27.0. The van der Waals surface area contributed by atoms with Crippen LogP contribution in [0.2, 0.25) is 0 Å². The number of ether oxygens (including phenoxy) is 1. The van der Waals surface area contributed by atoms with E-state index in [1.54, 1.807) is 12.1 Å². The van der Waals surface area contributed by atoms with Crippen molar-refractivity contribution in [1.82, 2.24) is 4.90 Å². The molecule has 1 heterocycles. The molecular formula is C22H22BrNO5. The van der Waals surface area contributed by atoms with Crippen LogP contribution < -0.4 is 0 Å². The number of hydrogen-bond acceptors (Lipinski definition) is 5. The Labute approximate surface area is 177 Å². The third-order valence-electron chi connectivity index (χ3n) is 4.76. The molecule has 0 bridgehead atoms. The number of ketones is 1. The average Bonchev–Trinajstić information content (AvgIpc) is 2.96. The van der Waals surface area contributed by atoms with Crippen molar-refractivity contribution in [2.24, 2.45) is 0 Å². The van der Waals surface area contributed by atoms with Gasteiger partial charge in [0, 0.05) is 16.6 Å². The Morgan fingerprint density at radius 1 is 1.07 bits per heavy atom. The van der Waals surface area contributed by atoms with Gasteiger partial charge in [0.15, 0.2) is 0 Å². The van der Waals surface area contributed by atoms with Gasteiger partial charge in [-0.15, -0.1) is 0 Å². The van der Waals surface area contributed by atoms with E-state index in [1.165, 1.54) is 4.90 Å². The molecule has 1 unspecified atom stereocenters. The van der Waals surface area contributed by atoms with Crippen LogP contribution in [-0.2, 0) is 14.3 Å².